The molecule has 0 aromatic carbocycles. The fourth-order valence-electron chi connectivity index (χ4n) is 2.26. The number of esters is 2. The van der Waals surface area contributed by atoms with Crippen LogP contribution in [0.15, 0.2) is 29.1 Å². The number of hydrogen-bond donors (Lipinski definition) is 1. The first-order valence-electron chi connectivity index (χ1n) is 8.09. The van der Waals surface area contributed by atoms with Crippen LogP contribution in [0.4, 0.5) is 0 Å². The van der Waals surface area contributed by atoms with Crippen LogP contribution in [0.1, 0.15) is 47.9 Å². The Balaban J connectivity index is 2.34. The third-order valence-electron chi connectivity index (χ3n) is 3.49. The molecule has 7 nitrogen and oxygen atoms in total. The van der Waals surface area contributed by atoms with Crippen molar-refractivity contribution < 1.29 is 19.1 Å². The maximum Gasteiger partial charge on any atom is 0.348 e. The summed E-state index contributed by atoms with van der Waals surface area (Å²) >= 11 is 1.08. The Hall–Kier alpha value is -2.74. The molecular weight excluding hydrogens is 356 g/mol. The van der Waals surface area contributed by atoms with Crippen LogP contribution >= 0.6 is 11.3 Å². The molecule has 0 aliphatic rings. The molecule has 1 N–H and O–H groups in total. The Morgan fingerprint density at radius 3 is 2.73 bits per heavy atom. The summed E-state index contributed by atoms with van der Waals surface area (Å²) in [5.74, 6) is -0.817. The molecule has 138 valence electrons. The van der Waals surface area contributed by atoms with E-state index < -0.39 is 18.0 Å². The molecule has 26 heavy (non-hydrogen) atoms. The van der Waals surface area contributed by atoms with Crippen molar-refractivity contribution in [2.75, 3.05) is 6.61 Å². The Bertz CT molecular complexity index is 939. The first-order valence-corrected chi connectivity index (χ1v) is 8.91. The quantitative estimate of drug-likeness (QED) is 0.472. The predicted molar refractivity (Wildman–Crippen MR) is 99.4 cm³/mol. The van der Waals surface area contributed by atoms with Crippen molar-refractivity contribution in [3.05, 3.63) is 50.9 Å². The highest BCUT2D eigenvalue weighted by atomic mass is 32.1. The van der Waals surface area contributed by atoms with Gasteiger partial charge in [0.25, 0.3) is 5.56 Å². The molecule has 0 saturated heterocycles. The zero-order chi connectivity index (χ0) is 19.3. The maximum atomic E-state index is 12.4. The molecule has 0 radical (unpaired) electrons. The maximum absolute atomic E-state index is 12.4. The van der Waals surface area contributed by atoms with Crippen LogP contribution in [-0.4, -0.2) is 28.5 Å². The van der Waals surface area contributed by atoms with E-state index in [1.165, 1.54) is 6.08 Å². The number of aromatic amines is 1. The van der Waals surface area contributed by atoms with Crippen molar-refractivity contribution in [2.45, 2.75) is 33.8 Å². The monoisotopic (exact) mass is 376 g/mol. The normalized spacial score (nSPS) is 12.8. The van der Waals surface area contributed by atoms with Gasteiger partial charge in [-0.1, -0.05) is 18.2 Å². The Kier molecular flexibility index (Phi) is 6.46. The van der Waals surface area contributed by atoms with Gasteiger partial charge in [-0.05, 0) is 33.3 Å². The summed E-state index contributed by atoms with van der Waals surface area (Å²) in [6.45, 7) is 7.07. The number of allylic oxidation sites excluding steroid dienone is 3. The number of nitrogens with zero attached hydrogens (tertiary/aromatic N) is 1. The van der Waals surface area contributed by atoms with Crippen molar-refractivity contribution in [1.29, 1.82) is 0 Å². The average Bonchev–Trinajstić information content (AvgIpc) is 2.92. The lowest BCUT2D eigenvalue weighted by molar-refractivity contribution is -0.142. The van der Waals surface area contributed by atoms with E-state index in [9.17, 15) is 14.4 Å². The van der Waals surface area contributed by atoms with E-state index in [2.05, 4.69) is 9.97 Å². The van der Waals surface area contributed by atoms with E-state index >= 15 is 0 Å². The first kappa shape index (κ1) is 19.6. The van der Waals surface area contributed by atoms with Gasteiger partial charge in [0.05, 0.1) is 12.0 Å². The summed E-state index contributed by atoms with van der Waals surface area (Å²) in [4.78, 5) is 43.9. The number of H-pyrrole nitrogens is 1. The van der Waals surface area contributed by atoms with Gasteiger partial charge in [-0.3, -0.25) is 4.79 Å². The fraction of sp³-hybridized carbons (Fsp3) is 0.333. The van der Waals surface area contributed by atoms with E-state index in [1.54, 1.807) is 39.0 Å². The van der Waals surface area contributed by atoms with Crippen LogP contribution in [-0.2, 0) is 14.3 Å². The number of carbonyl (C=O) groups excluding carboxylic acids is 2. The molecule has 0 amide bonds. The minimum Gasteiger partial charge on any atom is -0.462 e. The third kappa shape index (κ3) is 4.26. The molecule has 2 heterocycles. The lowest BCUT2D eigenvalue weighted by atomic mass is 10.2. The van der Waals surface area contributed by atoms with Crippen molar-refractivity contribution in [3.63, 3.8) is 0 Å². The number of fused-ring (bicyclic) bond motifs is 1. The van der Waals surface area contributed by atoms with Crippen LogP contribution in [0.2, 0.25) is 0 Å². The van der Waals surface area contributed by atoms with E-state index in [4.69, 9.17) is 9.47 Å². The van der Waals surface area contributed by atoms with Gasteiger partial charge in [0.15, 0.2) is 11.9 Å². The van der Waals surface area contributed by atoms with Gasteiger partial charge in [-0.2, -0.15) is 0 Å². The smallest absolute Gasteiger partial charge is 0.348 e. The SMILES string of the molecule is C/C=C/C=C/C(=O)O[C@@H](C)c1nc2sc(C(=O)OCC)c(C)c2c(=O)[nH]1. The number of nitrogens with one attached hydrogen (secondary N) is 1. The van der Waals surface area contributed by atoms with Crippen LogP contribution in [0.3, 0.4) is 0 Å². The number of aromatic nitrogens is 2. The summed E-state index contributed by atoms with van der Waals surface area (Å²) < 4.78 is 10.2. The van der Waals surface area contributed by atoms with Gasteiger partial charge in [0.1, 0.15) is 9.71 Å². The molecule has 2 rings (SSSR count). The number of ether oxygens (including phenoxy) is 2. The standard InChI is InChI=1S/C18H20N2O5S/c1-5-7-8-9-12(21)25-11(4)15-19-16(22)13-10(3)14(18(23)24-6-2)26-17(13)20-15/h5,7-9,11H,6H2,1-4H3,(H,19,20,22)/b7-5+,9-8+/t11-/m0/s1. The minimum absolute atomic E-state index is 0.215. The summed E-state index contributed by atoms with van der Waals surface area (Å²) in [5.41, 5.74) is 0.143. The lowest BCUT2D eigenvalue weighted by Crippen LogP contribution is -2.16. The van der Waals surface area contributed by atoms with Gasteiger partial charge < -0.3 is 14.5 Å². The number of aryl methyl sites for hydroxylation is 1. The fourth-order valence-corrected chi connectivity index (χ4v) is 3.34. The third-order valence-corrected chi connectivity index (χ3v) is 4.66. The molecule has 0 aliphatic carbocycles. The van der Waals surface area contributed by atoms with Gasteiger partial charge in [0.2, 0.25) is 0 Å². The van der Waals surface area contributed by atoms with E-state index in [1.807, 2.05) is 6.92 Å². The van der Waals surface area contributed by atoms with Crippen molar-refractivity contribution in [3.8, 4) is 0 Å². The highest BCUT2D eigenvalue weighted by Crippen LogP contribution is 2.28. The van der Waals surface area contributed by atoms with Gasteiger partial charge in [-0.15, -0.1) is 11.3 Å². The second-order valence-electron chi connectivity index (χ2n) is 5.37. The largest absolute Gasteiger partial charge is 0.462 e. The number of carbonyl (C=O) groups is 2. The van der Waals surface area contributed by atoms with Crippen LogP contribution in [0, 0.1) is 6.92 Å². The Labute approximate surface area is 154 Å². The van der Waals surface area contributed by atoms with Gasteiger partial charge in [-0.25, -0.2) is 14.6 Å². The summed E-state index contributed by atoms with van der Waals surface area (Å²) in [5, 5.41) is 0.341. The summed E-state index contributed by atoms with van der Waals surface area (Å²) in [7, 11) is 0. The van der Waals surface area contributed by atoms with Crippen molar-refractivity contribution in [2.24, 2.45) is 0 Å². The van der Waals surface area contributed by atoms with Crippen LogP contribution < -0.4 is 5.56 Å². The number of thiophene rings is 1. The van der Waals surface area contributed by atoms with Crippen molar-refractivity contribution >= 4 is 33.5 Å². The molecule has 0 spiro atoms. The summed E-state index contributed by atoms with van der Waals surface area (Å²) in [6, 6.07) is 0. The van der Waals surface area contributed by atoms with Crippen LogP contribution in [0.5, 0.6) is 0 Å². The number of rotatable bonds is 6. The molecule has 0 saturated carbocycles. The summed E-state index contributed by atoms with van der Waals surface area (Å²) in [6.07, 6.45) is 5.57. The molecule has 0 aliphatic heterocycles. The molecule has 2 aromatic rings. The molecule has 0 fully saturated rings. The highest BCUT2D eigenvalue weighted by molar-refractivity contribution is 7.20. The highest BCUT2D eigenvalue weighted by Gasteiger charge is 2.22. The van der Waals surface area contributed by atoms with Gasteiger partial charge >= 0.3 is 11.9 Å². The Morgan fingerprint density at radius 2 is 2.08 bits per heavy atom. The van der Waals surface area contributed by atoms with E-state index in [-0.39, 0.29) is 18.0 Å². The molecule has 1 atom stereocenters. The predicted octanol–water partition coefficient (Wildman–Crippen LogP) is 3.21. The van der Waals surface area contributed by atoms with Crippen LogP contribution in [0.25, 0.3) is 10.2 Å². The number of hydrogen-bond acceptors (Lipinski definition) is 7. The lowest BCUT2D eigenvalue weighted by Gasteiger charge is -2.10. The van der Waals surface area contributed by atoms with Gasteiger partial charge in [0, 0.05) is 6.08 Å². The Morgan fingerprint density at radius 1 is 1.35 bits per heavy atom. The van der Waals surface area contributed by atoms with E-state index in [0.717, 1.165) is 11.3 Å². The first-order chi connectivity index (χ1) is 12.4. The second-order valence-corrected chi connectivity index (χ2v) is 6.37. The van der Waals surface area contributed by atoms with Crippen molar-refractivity contribution in [1.82, 2.24) is 9.97 Å². The molecule has 8 heteroatoms. The molecule has 0 bridgehead atoms. The zero-order valence-corrected chi connectivity index (χ0v) is 15.8. The molecular formula is C18H20N2O5S. The topological polar surface area (TPSA) is 98.3 Å². The minimum atomic E-state index is -0.747. The average molecular weight is 376 g/mol. The second kappa shape index (κ2) is 8.57. The molecule has 2 aromatic heterocycles. The zero-order valence-electron chi connectivity index (χ0n) is 15.0. The molecule has 0 unspecified atom stereocenters. The van der Waals surface area contributed by atoms with E-state index in [0.29, 0.717) is 20.7 Å².